The highest BCUT2D eigenvalue weighted by Gasteiger charge is 2.42. The van der Waals surface area contributed by atoms with Crippen molar-refractivity contribution in [3.05, 3.63) is 35.9 Å². The van der Waals surface area contributed by atoms with Crippen LogP contribution in [0.4, 0.5) is 0 Å². The summed E-state index contributed by atoms with van der Waals surface area (Å²) in [5, 5.41) is 6.27. The lowest BCUT2D eigenvalue weighted by Gasteiger charge is -2.41. The quantitative estimate of drug-likeness (QED) is 0.335. The van der Waals surface area contributed by atoms with Gasteiger partial charge in [0.15, 0.2) is 0 Å². The molecule has 1 heterocycles. The second kappa shape index (κ2) is 15.1. The van der Waals surface area contributed by atoms with Gasteiger partial charge in [-0.2, -0.15) is 0 Å². The molecule has 4 atom stereocenters. The van der Waals surface area contributed by atoms with Gasteiger partial charge in [-0.1, -0.05) is 78.8 Å². The Hall–Kier alpha value is -2.98. The number of amides is 3. The first kappa shape index (κ1) is 36.2. The maximum atomic E-state index is 14.1. The summed E-state index contributed by atoms with van der Waals surface area (Å²) in [4.78, 5) is 58.4. The van der Waals surface area contributed by atoms with Crippen molar-refractivity contribution in [3.8, 4) is 0 Å². The van der Waals surface area contributed by atoms with E-state index in [0.717, 1.165) is 12.0 Å². The predicted molar refractivity (Wildman–Crippen MR) is 169 cm³/mol. The van der Waals surface area contributed by atoms with Crippen molar-refractivity contribution >= 4 is 23.7 Å². The van der Waals surface area contributed by atoms with E-state index in [1.807, 2.05) is 90.7 Å². The Balaban J connectivity index is 2.20. The van der Waals surface area contributed by atoms with Gasteiger partial charge < -0.3 is 25.2 Å². The molecule has 0 aromatic heterocycles. The summed E-state index contributed by atoms with van der Waals surface area (Å²) in [6, 6.07) is 7.76. The number of carbonyl (C=O) groups is 4. The molecule has 0 unspecified atom stereocenters. The van der Waals surface area contributed by atoms with E-state index in [1.165, 1.54) is 7.11 Å². The molecule has 1 aliphatic rings. The van der Waals surface area contributed by atoms with Crippen molar-refractivity contribution < 1.29 is 23.9 Å². The number of ether oxygens (including phenoxy) is 1. The Morgan fingerprint density at radius 2 is 1.63 bits per heavy atom. The molecule has 2 N–H and O–H groups in total. The van der Waals surface area contributed by atoms with E-state index in [0.29, 0.717) is 19.5 Å². The van der Waals surface area contributed by atoms with E-state index in [-0.39, 0.29) is 42.2 Å². The minimum atomic E-state index is -0.772. The molecule has 10 nitrogen and oxygen atoms in total. The molecule has 0 bridgehead atoms. The van der Waals surface area contributed by atoms with Crippen molar-refractivity contribution in [2.24, 2.45) is 11.3 Å². The minimum Gasteiger partial charge on any atom is -0.467 e. The number of esters is 1. The number of hydrogen-bond donors (Lipinski definition) is 2. The largest absolute Gasteiger partial charge is 0.467 e. The van der Waals surface area contributed by atoms with Crippen LogP contribution < -0.4 is 10.6 Å². The molecule has 0 spiro atoms. The highest BCUT2D eigenvalue weighted by molar-refractivity contribution is 5.91. The van der Waals surface area contributed by atoms with Crippen molar-refractivity contribution in [3.63, 3.8) is 0 Å². The fraction of sp³-hybridized carbons (Fsp3) is 0.697. The Morgan fingerprint density at radius 1 is 1.02 bits per heavy atom. The fourth-order valence-electron chi connectivity index (χ4n) is 6.03. The van der Waals surface area contributed by atoms with Gasteiger partial charge in [-0.05, 0) is 43.8 Å². The Labute approximate surface area is 258 Å². The molecule has 1 aromatic rings. The highest BCUT2D eigenvalue weighted by atomic mass is 16.5. The lowest BCUT2D eigenvalue weighted by Crippen LogP contribution is -2.62. The number of benzene rings is 1. The van der Waals surface area contributed by atoms with E-state index in [4.69, 9.17) is 4.74 Å². The molecule has 2 rings (SSSR count). The van der Waals surface area contributed by atoms with Gasteiger partial charge in [0, 0.05) is 31.6 Å². The average Bonchev–Trinajstić information content (AvgIpc) is 3.44. The first-order valence-corrected chi connectivity index (χ1v) is 15.3. The standard InChI is InChI=1S/C33H55N5O5/c1-22(2)25(20-36(9)21-26(39)38-19-15-18-24(38)31(42)43-11)37(10)30(41)28(32(3,4)5)35-29(40)27(34-8)33(6,7)23-16-13-12-14-17-23/h12-14,16-17,22,24-25,27-28,34H,15,18-21H2,1-11H3,(H,35,40)/t24-,25+,27+,28+/m0/s1. The summed E-state index contributed by atoms with van der Waals surface area (Å²) in [5.74, 6) is -0.864. The van der Waals surface area contributed by atoms with Gasteiger partial charge >= 0.3 is 5.97 Å². The Bertz CT molecular complexity index is 1100. The third-order valence-corrected chi connectivity index (χ3v) is 8.75. The van der Waals surface area contributed by atoms with Crippen LogP contribution in [-0.4, -0.2) is 110 Å². The molecule has 1 fully saturated rings. The average molecular weight is 602 g/mol. The molecule has 10 heteroatoms. The van der Waals surface area contributed by atoms with Crippen LogP contribution in [-0.2, 0) is 29.3 Å². The van der Waals surface area contributed by atoms with Gasteiger partial charge in [0.25, 0.3) is 0 Å². The lowest BCUT2D eigenvalue weighted by molar-refractivity contribution is -0.151. The normalized spacial score (nSPS) is 17.9. The van der Waals surface area contributed by atoms with Gasteiger partial charge in [0.05, 0.1) is 19.7 Å². The second-order valence-corrected chi connectivity index (χ2v) is 13.8. The zero-order valence-corrected chi connectivity index (χ0v) is 28.2. The molecular weight excluding hydrogens is 546 g/mol. The molecule has 3 amide bonds. The van der Waals surface area contributed by atoms with Crippen LogP contribution in [0, 0.1) is 11.3 Å². The number of methoxy groups -OCH3 is 1. The van der Waals surface area contributed by atoms with Gasteiger partial charge in [0.1, 0.15) is 12.1 Å². The van der Waals surface area contributed by atoms with E-state index >= 15 is 0 Å². The van der Waals surface area contributed by atoms with Crippen molar-refractivity contribution in [1.29, 1.82) is 0 Å². The number of carbonyl (C=O) groups excluding carboxylic acids is 4. The van der Waals surface area contributed by atoms with Crippen LogP contribution in [0.2, 0.25) is 0 Å². The Kier molecular flexibility index (Phi) is 12.8. The van der Waals surface area contributed by atoms with Crippen LogP contribution in [0.1, 0.15) is 66.9 Å². The van der Waals surface area contributed by atoms with E-state index in [9.17, 15) is 19.2 Å². The van der Waals surface area contributed by atoms with E-state index in [1.54, 1.807) is 23.9 Å². The van der Waals surface area contributed by atoms with E-state index < -0.39 is 29.0 Å². The third kappa shape index (κ3) is 9.01. The fourth-order valence-corrected chi connectivity index (χ4v) is 6.03. The van der Waals surface area contributed by atoms with Gasteiger partial charge in [-0.3, -0.25) is 19.3 Å². The van der Waals surface area contributed by atoms with Crippen molar-refractivity contribution in [2.45, 2.75) is 90.9 Å². The molecule has 0 aliphatic carbocycles. The third-order valence-electron chi connectivity index (χ3n) is 8.75. The zero-order valence-electron chi connectivity index (χ0n) is 28.2. The summed E-state index contributed by atoms with van der Waals surface area (Å²) < 4.78 is 4.89. The van der Waals surface area contributed by atoms with Gasteiger partial charge in [0.2, 0.25) is 17.7 Å². The summed E-state index contributed by atoms with van der Waals surface area (Å²) >= 11 is 0. The van der Waals surface area contributed by atoms with Gasteiger partial charge in [-0.15, -0.1) is 0 Å². The highest BCUT2D eigenvalue weighted by Crippen LogP contribution is 2.29. The number of likely N-dealkylation sites (N-methyl/N-ethyl adjacent to an activating group) is 3. The lowest BCUT2D eigenvalue weighted by atomic mass is 9.76. The molecule has 1 aliphatic heterocycles. The second-order valence-electron chi connectivity index (χ2n) is 13.8. The number of hydrogen-bond acceptors (Lipinski definition) is 7. The topological polar surface area (TPSA) is 111 Å². The van der Waals surface area contributed by atoms with Gasteiger partial charge in [-0.25, -0.2) is 4.79 Å². The molecular formula is C33H55N5O5. The monoisotopic (exact) mass is 601 g/mol. The van der Waals surface area contributed by atoms with Crippen LogP contribution in [0.15, 0.2) is 30.3 Å². The van der Waals surface area contributed by atoms with E-state index in [2.05, 4.69) is 10.6 Å². The number of likely N-dealkylation sites (tertiary alicyclic amines) is 1. The molecule has 0 saturated carbocycles. The number of rotatable bonds is 13. The smallest absolute Gasteiger partial charge is 0.328 e. The summed E-state index contributed by atoms with van der Waals surface area (Å²) in [5.41, 5.74) is -0.0715. The van der Waals surface area contributed by atoms with Crippen LogP contribution in [0.3, 0.4) is 0 Å². The number of nitrogens with zero attached hydrogens (tertiary/aromatic N) is 3. The number of nitrogens with one attached hydrogen (secondary N) is 2. The molecule has 1 aromatic carbocycles. The maximum absolute atomic E-state index is 14.1. The summed E-state index contributed by atoms with van der Waals surface area (Å²) in [6.07, 6.45) is 1.36. The summed E-state index contributed by atoms with van der Waals surface area (Å²) in [6.45, 7) is 15.1. The first-order valence-electron chi connectivity index (χ1n) is 15.3. The molecule has 43 heavy (non-hydrogen) atoms. The minimum absolute atomic E-state index is 0.0829. The van der Waals surface area contributed by atoms with Crippen molar-refractivity contribution in [2.75, 3.05) is 47.9 Å². The maximum Gasteiger partial charge on any atom is 0.328 e. The molecule has 242 valence electrons. The summed E-state index contributed by atoms with van der Waals surface area (Å²) in [7, 11) is 6.72. The molecule has 1 saturated heterocycles. The van der Waals surface area contributed by atoms with Crippen LogP contribution in [0.25, 0.3) is 0 Å². The molecule has 0 radical (unpaired) electrons. The Morgan fingerprint density at radius 3 is 2.14 bits per heavy atom. The van der Waals surface area contributed by atoms with Crippen LogP contribution in [0.5, 0.6) is 0 Å². The first-order chi connectivity index (χ1) is 20.0. The van der Waals surface area contributed by atoms with Crippen LogP contribution >= 0.6 is 0 Å². The predicted octanol–water partition coefficient (Wildman–Crippen LogP) is 2.66. The SMILES string of the molecule is CN[C@H](C(=O)N[C@H](C(=O)N(C)[C@H](CN(C)CC(=O)N1CCC[C@H]1C(=O)OC)C(C)C)C(C)(C)C)C(C)(C)c1ccccc1. The van der Waals surface area contributed by atoms with Crippen molar-refractivity contribution in [1.82, 2.24) is 25.3 Å². The zero-order chi connectivity index (χ0) is 32.7.